The Bertz CT molecular complexity index is 688. The van der Waals surface area contributed by atoms with E-state index < -0.39 is 0 Å². The van der Waals surface area contributed by atoms with Crippen molar-refractivity contribution in [3.8, 4) is 0 Å². The monoisotopic (exact) mass is 320 g/mol. The topological polar surface area (TPSA) is 32.3 Å². The summed E-state index contributed by atoms with van der Waals surface area (Å²) in [5.74, 6) is -0.101. The summed E-state index contributed by atoms with van der Waals surface area (Å²) in [6.07, 6.45) is 0.974. The molecule has 5 heteroatoms. The number of amides is 1. The van der Waals surface area contributed by atoms with Crippen LogP contribution in [0.15, 0.2) is 42.5 Å². The molecule has 1 heterocycles. The van der Waals surface area contributed by atoms with E-state index in [0.29, 0.717) is 22.3 Å². The van der Waals surface area contributed by atoms with Crippen LogP contribution >= 0.6 is 23.2 Å². The third kappa shape index (κ3) is 3.14. The molecule has 3 rings (SSSR count). The summed E-state index contributed by atoms with van der Waals surface area (Å²) in [6.45, 7) is 1.16. The fraction of sp³-hybridized carbons (Fsp3) is 0.188. The Kier molecular flexibility index (Phi) is 4.04. The van der Waals surface area contributed by atoms with Gasteiger partial charge in [-0.05, 0) is 36.2 Å². The minimum absolute atomic E-state index is 0.101. The second-order valence-electron chi connectivity index (χ2n) is 4.97. The van der Waals surface area contributed by atoms with Crippen LogP contribution < -0.4 is 10.2 Å². The fourth-order valence-electron chi connectivity index (χ4n) is 2.53. The van der Waals surface area contributed by atoms with Crippen molar-refractivity contribution in [2.24, 2.45) is 0 Å². The lowest BCUT2D eigenvalue weighted by Crippen LogP contribution is -2.31. The maximum Gasteiger partial charge on any atom is 0.243 e. The Balaban J connectivity index is 1.69. The number of fused-ring (bicyclic) bond motifs is 1. The molecule has 0 saturated heterocycles. The molecule has 0 aromatic heterocycles. The number of nitrogens with one attached hydrogen (secondary N) is 1. The quantitative estimate of drug-likeness (QED) is 0.927. The number of carbonyl (C=O) groups excluding carboxylic acids is 1. The Labute approximate surface area is 133 Å². The zero-order chi connectivity index (χ0) is 14.8. The average Bonchev–Trinajstić information content (AvgIpc) is 2.86. The van der Waals surface area contributed by atoms with Crippen LogP contribution in [-0.4, -0.2) is 19.0 Å². The highest BCUT2D eigenvalue weighted by molar-refractivity contribution is 6.35. The normalized spacial score (nSPS) is 13.1. The minimum atomic E-state index is -0.101. The molecular weight excluding hydrogens is 307 g/mol. The molecule has 21 heavy (non-hydrogen) atoms. The predicted molar refractivity (Wildman–Crippen MR) is 87.5 cm³/mol. The van der Waals surface area contributed by atoms with Gasteiger partial charge >= 0.3 is 0 Å². The molecule has 1 N–H and O–H groups in total. The van der Waals surface area contributed by atoms with Gasteiger partial charge in [-0.15, -0.1) is 0 Å². The van der Waals surface area contributed by atoms with Crippen LogP contribution in [-0.2, 0) is 11.2 Å². The SMILES string of the molecule is O=C(CN1CCc2ccccc21)Nc1cc(Cl)ccc1Cl. The van der Waals surface area contributed by atoms with Crippen LogP contribution in [0.3, 0.4) is 0 Å². The van der Waals surface area contributed by atoms with Crippen LogP contribution in [0.4, 0.5) is 11.4 Å². The van der Waals surface area contributed by atoms with E-state index in [4.69, 9.17) is 23.2 Å². The molecule has 1 aliphatic heterocycles. The van der Waals surface area contributed by atoms with E-state index in [1.54, 1.807) is 18.2 Å². The van der Waals surface area contributed by atoms with Crippen LogP contribution in [0, 0.1) is 0 Å². The molecule has 0 aliphatic carbocycles. The van der Waals surface area contributed by atoms with Gasteiger partial charge in [0.15, 0.2) is 0 Å². The standard InChI is InChI=1S/C16H14Cl2N2O/c17-12-5-6-13(18)14(9-12)19-16(21)10-20-8-7-11-3-1-2-4-15(11)20/h1-6,9H,7-8,10H2,(H,19,21). The Morgan fingerprint density at radius 3 is 2.86 bits per heavy atom. The summed E-state index contributed by atoms with van der Waals surface area (Å²) in [5, 5.41) is 3.84. The van der Waals surface area contributed by atoms with Gasteiger partial charge in [-0.3, -0.25) is 4.79 Å². The molecule has 1 amide bonds. The van der Waals surface area contributed by atoms with E-state index in [1.165, 1.54) is 5.56 Å². The minimum Gasteiger partial charge on any atom is -0.362 e. The zero-order valence-electron chi connectivity index (χ0n) is 11.3. The van der Waals surface area contributed by atoms with Crippen molar-refractivity contribution in [2.45, 2.75) is 6.42 Å². The molecule has 1 aliphatic rings. The van der Waals surface area contributed by atoms with Gasteiger partial charge in [0.2, 0.25) is 5.91 Å². The number of para-hydroxylation sites is 1. The number of anilines is 2. The summed E-state index contributed by atoms with van der Waals surface area (Å²) in [6, 6.07) is 13.2. The third-order valence-corrected chi connectivity index (χ3v) is 4.09. The van der Waals surface area contributed by atoms with Crippen molar-refractivity contribution in [2.75, 3.05) is 23.3 Å². The van der Waals surface area contributed by atoms with Crippen LogP contribution in [0.2, 0.25) is 10.0 Å². The van der Waals surface area contributed by atoms with Crippen LogP contribution in [0.1, 0.15) is 5.56 Å². The number of carbonyl (C=O) groups is 1. The molecule has 2 aromatic carbocycles. The van der Waals surface area contributed by atoms with Gasteiger partial charge < -0.3 is 10.2 Å². The zero-order valence-corrected chi connectivity index (χ0v) is 12.8. The van der Waals surface area contributed by atoms with Crippen molar-refractivity contribution in [1.29, 1.82) is 0 Å². The number of hydrogen-bond donors (Lipinski definition) is 1. The van der Waals surface area contributed by atoms with Crippen molar-refractivity contribution in [3.63, 3.8) is 0 Å². The molecule has 0 radical (unpaired) electrons. The summed E-state index contributed by atoms with van der Waals surface area (Å²) in [5.41, 5.74) is 2.96. The van der Waals surface area contributed by atoms with Crippen molar-refractivity contribution in [3.05, 3.63) is 58.1 Å². The largest absolute Gasteiger partial charge is 0.362 e. The molecule has 0 saturated carbocycles. The van der Waals surface area contributed by atoms with E-state index >= 15 is 0 Å². The van der Waals surface area contributed by atoms with E-state index in [-0.39, 0.29) is 5.91 Å². The number of halogens is 2. The molecule has 3 nitrogen and oxygen atoms in total. The van der Waals surface area contributed by atoms with Gasteiger partial charge in [-0.25, -0.2) is 0 Å². The Morgan fingerprint density at radius 2 is 2.00 bits per heavy atom. The van der Waals surface area contributed by atoms with Gasteiger partial charge in [0.1, 0.15) is 0 Å². The predicted octanol–water partition coefficient (Wildman–Crippen LogP) is 3.99. The smallest absolute Gasteiger partial charge is 0.243 e. The van der Waals surface area contributed by atoms with Gasteiger partial charge in [0.05, 0.1) is 17.3 Å². The van der Waals surface area contributed by atoms with Crippen molar-refractivity contribution < 1.29 is 4.79 Å². The lowest BCUT2D eigenvalue weighted by molar-refractivity contribution is -0.115. The second kappa shape index (κ2) is 5.96. The van der Waals surface area contributed by atoms with Gasteiger partial charge in [-0.1, -0.05) is 41.4 Å². The van der Waals surface area contributed by atoms with E-state index in [0.717, 1.165) is 18.7 Å². The summed E-state index contributed by atoms with van der Waals surface area (Å²) in [4.78, 5) is 14.3. The van der Waals surface area contributed by atoms with Crippen molar-refractivity contribution in [1.82, 2.24) is 0 Å². The average molecular weight is 321 g/mol. The molecule has 0 fully saturated rings. The highest BCUT2D eigenvalue weighted by atomic mass is 35.5. The maximum atomic E-state index is 12.2. The highest BCUT2D eigenvalue weighted by Crippen LogP contribution is 2.28. The molecular formula is C16H14Cl2N2O. The van der Waals surface area contributed by atoms with Gasteiger partial charge in [0, 0.05) is 17.3 Å². The Morgan fingerprint density at radius 1 is 1.19 bits per heavy atom. The molecule has 2 aromatic rings. The van der Waals surface area contributed by atoms with Gasteiger partial charge in [0.25, 0.3) is 0 Å². The van der Waals surface area contributed by atoms with E-state index in [2.05, 4.69) is 16.3 Å². The Hall–Kier alpha value is -1.71. The lowest BCUT2D eigenvalue weighted by atomic mass is 10.2. The highest BCUT2D eigenvalue weighted by Gasteiger charge is 2.20. The van der Waals surface area contributed by atoms with E-state index in [1.807, 2.05) is 18.2 Å². The first-order valence-corrected chi connectivity index (χ1v) is 7.47. The summed E-state index contributed by atoms with van der Waals surface area (Å²) in [7, 11) is 0. The lowest BCUT2D eigenvalue weighted by Gasteiger charge is -2.19. The molecule has 0 bridgehead atoms. The molecule has 0 unspecified atom stereocenters. The molecule has 0 atom stereocenters. The number of hydrogen-bond acceptors (Lipinski definition) is 2. The fourth-order valence-corrected chi connectivity index (χ4v) is 2.86. The van der Waals surface area contributed by atoms with Crippen LogP contribution in [0.25, 0.3) is 0 Å². The number of benzene rings is 2. The molecule has 108 valence electrons. The molecule has 0 spiro atoms. The van der Waals surface area contributed by atoms with Gasteiger partial charge in [-0.2, -0.15) is 0 Å². The number of rotatable bonds is 3. The number of nitrogens with zero attached hydrogens (tertiary/aromatic N) is 1. The summed E-state index contributed by atoms with van der Waals surface area (Å²) < 4.78 is 0. The second-order valence-corrected chi connectivity index (χ2v) is 5.82. The van der Waals surface area contributed by atoms with E-state index in [9.17, 15) is 4.79 Å². The third-order valence-electron chi connectivity index (χ3n) is 3.52. The summed E-state index contributed by atoms with van der Waals surface area (Å²) >= 11 is 12.0. The maximum absolute atomic E-state index is 12.2. The first-order valence-electron chi connectivity index (χ1n) is 6.71. The first-order chi connectivity index (χ1) is 10.1. The first kappa shape index (κ1) is 14.2. The van der Waals surface area contributed by atoms with Crippen molar-refractivity contribution >= 4 is 40.5 Å². The van der Waals surface area contributed by atoms with Crippen LogP contribution in [0.5, 0.6) is 0 Å².